The Hall–Kier alpha value is -1.26. The lowest BCUT2D eigenvalue weighted by atomic mass is 9.75. The topological polar surface area (TPSA) is 75.6 Å². The van der Waals surface area contributed by atoms with Gasteiger partial charge in [-0.15, -0.1) is 0 Å². The third kappa shape index (κ3) is 5.49. The number of hydrogen-bond donors (Lipinski definition) is 2. The molecule has 0 aromatic rings. The Morgan fingerprint density at radius 1 is 1.37 bits per heavy atom. The quantitative estimate of drug-likeness (QED) is 0.806. The first-order valence-corrected chi connectivity index (χ1v) is 7.06. The number of nitrogens with one attached hydrogen (secondary N) is 1. The van der Waals surface area contributed by atoms with Crippen LogP contribution in [0.1, 0.15) is 46.5 Å². The van der Waals surface area contributed by atoms with E-state index in [2.05, 4.69) is 26.1 Å². The van der Waals surface area contributed by atoms with Gasteiger partial charge in [-0.25, -0.2) is 4.79 Å². The second-order valence-corrected chi connectivity index (χ2v) is 5.84. The summed E-state index contributed by atoms with van der Waals surface area (Å²) in [7, 11) is 0. The van der Waals surface area contributed by atoms with Gasteiger partial charge in [0.15, 0.2) is 0 Å². The average Bonchev–Trinajstić information content (AvgIpc) is 2.27. The van der Waals surface area contributed by atoms with E-state index in [1.807, 2.05) is 0 Å². The van der Waals surface area contributed by atoms with E-state index in [1.165, 1.54) is 6.42 Å². The summed E-state index contributed by atoms with van der Waals surface area (Å²) in [5.74, 6) is 0.546. The molecule has 5 heteroatoms. The number of rotatable bonds is 5. The number of alkyl carbamates (subject to hydrolysis) is 1. The Morgan fingerprint density at radius 2 is 2.05 bits per heavy atom. The van der Waals surface area contributed by atoms with Crippen LogP contribution >= 0.6 is 0 Å². The molecule has 19 heavy (non-hydrogen) atoms. The minimum Gasteiger partial charge on any atom is -0.481 e. The van der Waals surface area contributed by atoms with Crippen LogP contribution < -0.4 is 5.32 Å². The zero-order valence-electron chi connectivity index (χ0n) is 12.0. The van der Waals surface area contributed by atoms with Gasteiger partial charge in [-0.1, -0.05) is 27.2 Å². The molecule has 1 rings (SSSR count). The molecule has 0 aromatic carbocycles. The van der Waals surface area contributed by atoms with Crippen molar-refractivity contribution in [2.45, 2.75) is 52.6 Å². The number of amides is 1. The highest BCUT2D eigenvalue weighted by molar-refractivity contribution is 5.70. The van der Waals surface area contributed by atoms with Crippen LogP contribution in [-0.4, -0.2) is 29.8 Å². The highest BCUT2D eigenvalue weighted by atomic mass is 16.6. The molecule has 0 aromatic heterocycles. The van der Waals surface area contributed by atoms with E-state index >= 15 is 0 Å². The number of ether oxygens (including phenoxy) is 1. The summed E-state index contributed by atoms with van der Waals surface area (Å²) >= 11 is 0. The van der Waals surface area contributed by atoms with Crippen molar-refractivity contribution in [2.24, 2.45) is 17.8 Å². The molecule has 0 spiro atoms. The molecule has 1 aliphatic rings. The van der Waals surface area contributed by atoms with Crippen molar-refractivity contribution in [3.05, 3.63) is 0 Å². The highest BCUT2D eigenvalue weighted by Gasteiger charge is 2.33. The van der Waals surface area contributed by atoms with Gasteiger partial charge in [-0.05, 0) is 30.6 Å². The van der Waals surface area contributed by atoms with E-state index in [1.54, 1.807) is 0 Å². The van der Waals surface area contributed by atoms with Crippen molar-refractivity contribution in [3.8, 4) is 0 Å². The fraction of sp³-hybridized carbons (Fsp3) is 0.857. The van der Waals surface area contributed by atoms with Gasteiger partial charge in [-0.2, -0.15) is 0 Å². The molecular formula is C14H25NO4. The van der Waals surface area contributed by atoms with Crippen LogP contribution in [-0.2, 0) is 9.53 Å². The van der Waals surface area contributed by atoms with E-state index in [-0.39, 0.29) is 19.1 Å². The molecular weight excluding hydrogens is 246 g/mol. The summed E-state index contributed by atoms with van der Waals surface area (Å²) < 4.78 is 5.47. The molecule has 0 radical (unpaired) electrons. The van der Waals surface area contributed by atoms with Gasteiger partial charge >= 0.3 is 12.1 Å². The zero-order valence-corrected chi connectivity index (χ0v) is 12.0. The van der Waals surface area contributed by atoms with Crippen LogP contribution in [0.2, 0.25) is 0 Å². The van der Waals surface area contributed by atoms with E-state index in [4.69, 9.17) is 9.84 Å². The Bertz CT molecular complexity index is 317. The van der Waals surface area contributed by atoms with Crippen molar-refractivity contribution in [1.29, 1.82) is 0 Å². The molecule has 0 heterocycles. The monoisotopic (exact) mass is 271 g/mol. The van der Waals surface area contributed by atoms with Crippen LogP contribution in [0.5, 0.6) is 0 Å². The van der Waals surface area contributed by atoms with E-state index in [0.29, 0.717) is 17.8 Å². The number of carboxylic acids is 1. The summed E-state index contributed by atoms with van der Waals surface area (Å²) in [6, 6.07) is 0. The Kier molecular flexibility index (Phi) is 6.12. The molecule has 1 amide bonds. The lowest BCUT2D eigenvalue weighted by Crippen LogP contribution is -2.39. The van der Waals surface area contributed by atoms with Gasteiger partial charge in [0.2, 0.25) is 0 Å². The van der Waals surface area contributed by atoms with Crippen molar-refractivity contribution in [2.75, 3.05) is 6.54 Å². The molecule has 1 saturated carbocycles. The van der Waals surface area contributed by atoms with Crippen molar-refractivity contribution in [3.63, 3.8) is 0 Å². The van der Waals surface area contributed by atoms with Crippen LogP contribution in [0, 0.1) is 17.8 Å². The molecule has 5 nitrogen and oxygen atoms in total. The van der Waals surface area contributed by atoms with Gasteiger partial charge in [0.1, 0.15) is 6.10 Å². The predicted molar refractivity (Wildman–Crippen MR) is 71.9 cm³/mol. The summed E-state index contributed by atoms with van der Waals surface area (Å²) in [5.41, 5.74) is 0. The van der Waals surface area contributed by atoms with Crippen molar-refractivity contribution in [1.82, 2.24) is 5.32 Å². The number of carbonyl (C=O) groups is 2. The standard InChI is InChI=1S/C14H25NO4/c1-9(2)11-5-4-10(3)8-12(11)19-14(18)15-7-6-13(16)17/h9-12H,4-8H2,1-3H3,(H,15,18)(H,16,17). The third-order valence-electron chi connectivity index (χ3n) is 3.83. The Morgan fingerprint density at radius 3 is 2.63 bits per heavy atom. The third-order valence-corrected chi connectivity index (χ3v) is 3.83. The van der Waals surface area contributed by atoms with Gasteiger partial charge in [0, 0.05) is 6.54 Å². The van der Waals surface area contributed by atoms with Gasteiger partial charge in [0.05, 0.1) is 6.42 Å². The van der Waals surface area contributed by atoms with Crippen LogP contribution in [0.25, 0.3) is 0 Å². The largest absolute Gasteiger partial charge is 0.481 e. The second-order valence-electron chi connectivity index (χ2n) is 5.84. The molecule has 3 atom stereocenters. The Balaban J connectivity index is 2.42. The van der Waals surface area contributed by atoms with Gasteiger partial charge in [-0.3, -0.25) is 4.79 Å². The summed E-state index contributed by atoms with van der Waals surface area (Å²) in [4.78, 5) is 22.0. The first-order chi connectivity index (χ1) is 8.90. The first-order valence-electron chi connectivity index (χ1n) is 7.06. The fourth-order valence-electron chi connectivity index (χ4n) is 2.70. The maximum absolute atomic E-state index is 11.6. The number of aliphatic carboxylic acids is 1. The maximum atomic E-state index is 11.6. The van der Waals surface area contributed by atoms with Crippen LogP contribution in [0.4, 0.5) is 4.79 Å². The molecule has 0 bridgehead atoms. The molecule has 1 fully saturated rings. The van der Waals surface area contributed by atoms with Crippen LogP contribution in [0.15, 0.2) is 0 Å². The fourth-order valence-corrected chi connectivity index (χ4v) is 2.70. The molecule has 0 aliphatic heterocycles. The van der Waals surface area contributed by atoms with E-state index in [9.17, 15) is 9.59 Å². The smallest absolute Gasteiger partial charge is 0.407 e. The van der Waals surface area contributed by atoms with Crippen molar-refractivity contribution >= 4 is 12.1 Å². The summed E-state index contributed by atoms with van der Waals surface area (Å²) in [6.07, 6.45) is 2.55. The zero-order chi connectivity index (χ0) is 14.4. The second kappa shape index (κ2) is 7.36. The maximum Gasteiger partial charge on any atom is 0.407 e. The molecule has 2 N–H and O–H groups in total. The number of carboxylic acid groups (broad SMARTS) is 1. The van der Waals surface area contributed by atoms with Crippen molar-refractivity contribution < 1.29 is 19.4 Å². The SMILES string of the molecule is CC1CCC(C(C)C)C(OC(=O)NCCC(=O)O)C1. The first kappa shape index (κ1) is 15.8. The Labute approximate surface area is 114 Å². The summed E-state index contributed by atoms with van der Waals surface area (Å²) in [5, 5.41) is 11.0. The van der Waals surface area contributed by atoms with E-state index in [0.717, 1.165) is 12.8 Å². The van der Waals surface area contributed by atoms with Gasteiger partial charge < -0.3 is 15.2 Å². The van der Waals surface area contributed by atoms with E-state index < -0.39 is 12.1 Å². The lowest BCUT2D eigenvalue weighted by Gasteiger charge is -2.36. The minimum atomic E-state index is -0.924. The normalized spacial score (nSPS) is 27.1. The number of carbonyl (C=O) groups excluding carboxylic acids is 1. The molecule has 110 valence electrons. The molecule has 3 unspecified atom stereocenters. The number of hydrogen-bond acceptors (Lipinski definition) is 3. The summed E-state index contributed by atoms with van der Waals surface area (Å²) in [6.45, 7) is 6.59. The predicted octanol–water partition coefficient (Wildman–Crippen LogP) is 2.65. The average molecular weight is 271 g/mol. The molecule has 1 aliphatic carbocycles. The minimum absolute atomic E-state index is 0.0476. The van der Waals surface area contributed by atoms with Gasteiger partial charge in [0.25, 0.3) is 0 Å². The highest BCUT2D eigenvalue weighted by Crippen LogP contribution is 2.35. The molecule has 0 saturated heterocycles. The lowest BCUT2D eigenvalue weighted by molar-refractivity contribution is -0.136. The van der Waals surface area contributed by atoms with Crippen LogP contribution in [0.3, 0.4) is 0 Å².